The second kappa shape index (κ2) is 7.77. The third kappa shape index (κ3) is 4.30. The highest BCUT2D eigenvalue weighted by Gasteiger charge is 2.22. The zero-order valence-electron chi connectivity index (χ0n) is 12.8. The van der Waals surface area contributed by atoms with Gasteiger partial charge in [0.1, 0.15) is 0 Å². The molecule has 0 aromatic heterocycles. The summed E-state index contributed by atoms with van der Waals surface area (Å²) in [7, 11) is 0. The van der Waals surface area contributed by atoms with Crippen LogP contribution in [0.4, 0.5) is 0 Å². The van der Waals surface area contributed by atoms with E-state index in [-0.39, 0.29) is 0 Å². The summed E-state index contributed by atoms with van der Waals surface area (Å²) in [5.41, 5.74) is 2.70. The average molecular weight is 276 g/mol. The highest BCUT2D eigenvalue weighted by atomic mass is 16.3. The quantitative estimate of drug-likeness (QED) is 0.802. The van der Waals surface area contributed by atoms with Crippen molar-refractivity contribution in [3.05, 3.63) is 35.4 Å². The van der Waals surface area contributed by atoms with Crippen LogP contribution < -0.4 is 5.32 Å². The number of aliphatic hydroxyl groups excluding tert-OH is 1. The Hall–Kier alpha value is -0.900. The van der Waals surface area contributed by atoms with Crippen molar-refractivity contribution in [3.8, 4) is 0 Å². The predicted molar refractivity (Wildman–Crippen MR) is 83.8 cm³/mol. The summed E-state index contributed by atoms with van der Waals surface area (Å²) in [4.78, 5) is 2.49. The zero-order valence-corrected chi connectivity index (χ0v) is 12.8. The van der Waals surface area contributed by atoms with E-state index in [9.17, 15) is 5.11 Å². The van der Waals surface area contributed by atoms with Crippen LogP contribution in [0.2, 0.25) is 0 Å². The highest BCUT2D eigenvalue weighted by Crippen LogP contribution is 2.21. The van der Waals surface area contributed by atoms with Crippen LogP contribution in [0.15, 0.2) is 24.3 Å². The fraction of sp³-hybridized carbons (Fsp3) is 0.647. The van der Waals surface area contributed by atoms with Crippen molar-refractivity contribution in [2.75, 3.05) is 32.8 Å². The number of hydrogen-bond acceptors (Lipinski definition) is 3. The molecular weight excluding hydrogens is 248 g/mol. The van der Waals surface area contributed by atoms with Crippen LogP contribution in [-0.4, -0.2) is 42.8 Å². The number of aliphatic hydroxyl groups is 1. The SMILES string of the molecule is CCNC(CCN1CCC(CO)C1)c1ccc(C)cc1. The molecule has 2 unspecified atom stereocenters. The van der Waals surface area contributed by atoms with E-state index in [1.165, 1.54) is 11.1 Å². The first-order chi connectivity index (χ1) is 9.72. The summed E-state index contributed by atoms with van der Waals surface area (Å²) >= 11 is 0. The van der Waals surface area contributed by atoms with Gasteiger partial charge in [0.2, 0.25) is 0 Å². The number of rotatable bonds is 7. The molecule has 0 bridgehead atoms. The lowest BCUT2D eigenvalue weighted by molar-refractivity contribution is 0.219. The first-order valence-electron chi connectivity index (χ1n) is 7.86. The minimum absolute atomic E-state index is 0.338. The number of hydrogen-bond donors (Lipinski definition) is 2. The van der Waals surface area contributed by atoms with Crippen molar-refractivity contribution in [1.29, 1.82) is 0 Å². The van der Waals surface area contributed by atoms with Crippen molar-refractivity contribution in [1.82, 2.24) is 10.2 Å². The van der Waals surface area contributed by atoms with Crippen LogP contribution in [0.1, 0.15) is 36.9 Å². The van der Waals surface area contributed by atoms with Gasteiger partial charge in [-0.1, -0.05) is 36.8 Å². The van der Waals surface area contributed by atoms with Crippen molar-refractivity contribution < 1.29 is 5.11 Å². The fourth-order valence-corrected chi connectivity index (χ4v) is 3.01. The molecule has 1 saturated heterocycles. The molecule has 112 valence electrons. The Bertz CT molecular complexity index is 390. The van der Waals surface area contributed by atoms with E-state index in [4.69, 9.17) is 0 Å². The normalized spacial score (nSPS) is 21.2. The topological polar surface area (TPSA) is 35.5 Å². The van der Waals surface area contributed by atoms with E-state index in [1.54, 1.807) is 0 Å². The van der Waals surface area contributed by atoms with Gasteiger partial charge in [-0.3, -0.25) is 0 Å². The second-order valence-corrected chi connectivity index (χ2v) is 5.95. The molecule has 1 aromatic rings. The van der Waals surface area contributed by atoms with Gasteiger partial charge in [0.25, 0.3) is 0 Å². The Kier molecular flexibility index (Phi) is 6.02. The van der Waals surface area contributed by atoms with Crippen molar-refractivity contribution in [2.24, 2.45) is 5.92 Å². The zero-order chi connectivity index (χ0) is 14.4. The van der Waals surface area contributed by atoms with Crippen LogP contribution in [0, 0.1) is 12.8 Å². The molecule has 1 heterocycles. The number of likely N-dealkylation sites (tertiary alicyclic amines) is 1. The summed E-state index contributed by atoms with van der Waals surface area (Å²) in [5, 5.41) is 12.8. The average Bonchev–Trinajstić information content (AvgIpc) is 2.92. The molecule has 0 radical (unpaired) electrons. The van der Waals surface area contributed by atoms with Crippen LogP contribution in [0.5, 0.6) is 0 Å². The summed E-state index contributed by atoms with van der Waals surface area (Å²) in [6, 6.07) is 9.30. The number of nitrogens with one attached hydrogen (secondary N) is 1. The summed E-state index contributed by atoms with van der Waals surface area (Å²) in [6.07, 6.45) is 2.28. The number of benzene rings is 1. The van der Waals surface area contributed by atoms with Gasteiger partial charge in [0, 0.05) is 19.2 Å². The van der Waals surface area contributed by atoms with E-state index in [2.05, 4.69) is 48.3 Å². The lowest BCUT2D eigenvalue weighted by Crippen LogP contribution is -2.28. The molecule has 2 N–H and O–H groups in total. The van der Waals surface area contributed by atoms with Crippen LogP contribution in [0.25, 0.3) is 0 Å². The molecule has 1 fully saturated rings. The summed E-state index contributed by atoms with van der Waals surface area (Å²) in [6.45, 7) is 8.94. The van der Waals surface area contributed by atoms with Crippen LogP contribution >= 0.6 is 0 Å². The first kappa shape index (κ1) is 15.5. The molecule has 0 aliphatic carbocycles. The highest BCUT2D eigenvalue weighted by molar-refractivity contribution is 5.24. The van der Waals surface area contributed by atoms with Crippen molar-refractivity contribution in [2.45, 2.75) is 32.7 Å². The van der Waals surface area contributed by atoms with Gasteiger partial charge in [-0.25, -0.2) is 0 Å². The van der Waals surface area contributed by atoms with Gasteiger partial charge in [-0.2, -0.15) is 0 Å². The Labute approximate surface area is 123 Å². The minimum Gasteiger partial charge on any atom is -0.396 e. The largest absolute Gasteiger partial charge is 0.396 e. The lowest BCUT2D eigenvalue weighted by Gasteiger charge is -2.22. The lowest BCUT2D eigenvalue weighted by atomic mass is 10.0. The summed E-state index contributed by atoms with van der Waals surface area (Å²) in [5.74, 6) is 0.493. The van der Waals surface area contributed by atoms with E-state index in [0.717, 1.165) is 39.0 Å². The smallest absolute Gasteiger partial charge is 0.0471 e. The maximum Gasteiger partial charge on any atom is 0.0471 e. The molecule has 20 heavy (non-hydrogen) atoms. The molecule has 0 saturated carbocycles. The molecule has 1 aliphatic heterocycles. The van der Waals surface area contributed by atoms with Crippen molar-refractivity contribution in [3.63, 3.8) is 0 Å². The number of aryl methyl sites for hydroxylation is 1. The van der Waals surface area contributed by atoms with Crippen LogP contribution in [-0.2, 0) is 0 Å². The Morgan fingerprint density at radius 1 is 1.35 bits per heavy atom. The maximum atomic E-state index is 9.21. The second-order valence-electron chi connectivity index (χ2n) is 5.95. The standard InChI is InChI=1S/C17H28N2O/c1-3-18-17(16-6-4-14(2)5-7-16)9-11-19-10-8-15(12-19)13-20/h4-7,15,17-18,20H,3,8-13H2,1-2H3. The van der Waals surface area contributed by atoms with Gasteiger partial charge in [0.15, 0.2) is 0 Å². The molecular formula is C17H28N2O. The molecule has 3 heteroatoms. The molecule has 2 rings (SSSR count). The molecule has 2 atom stereocenters. The number of nitrogens with zero attached hydrogens (tertiary/aromatic N) is 1. The predicted octanol–water partition coefficient (Wildman–Crippen LogP) is 2.35. The van der Waals surface area contributed by atoms with E-state index < -0.39 is 0 Å². The molecule has 0 amide bonds. The Morgan fingerprint density at radius 2 is 2.10 bits per heavy atom. The van der Waals surface area contributed by atoms with E-state index in [1.807, 2.05) is 0 Å². The Balaban J connectivity index is 1.88. The third-order valence-corrected chi connectivity index (χ3v) is 4.29. The van der Waals surface area contributed by atoms with Gasteiger partial charge < -0.3 is 15.3 Å². The molecule has 1 aromatic carbocycles. The van der Waals surface area contributed by atoms with Gasteiger partial charge in [-0.15, -0.1) is 0 Å². The summed E-state index contributed by atoms with van der Waals surface area (Å²) < 4.78 is 0. The van der Waals surface area contributed by atoms with Gasteiger partial charge >= 0.3 is 0 Å². The molecule has 0 spiro atoms. The maximum absolute atomic E-state index is 9.21. The Morgan fingerprint density at radius 3 is 2.70 bits per heavy atom. The van der Waals surface area contributed by atoms with Gasteiger partial charge in [-0.05, 0) is 50.9 Å². The van der Waals surface area contributed by atoms with Crippen molar-refractivity contribution >= 4 is 0 Å². The molecule has 1 aliphatic rings. The molecule has 3 nitrogen and oxygen atoms in total. The minimum atomic E-state index is 0.338. The van der Waals surface area contributed by atoms with Gasteiger partial charge in [0.05, 0.1) is 0 Å². The fourth-order valence-electron chi connectivity index (χ4n) is 3.01. The van der Waals surface area contributed by atoms with Crippen LogP contribution in [0.3, 0.4) is 0 Å². The monoisotopic (exact) mass is 276 g/mol. The first-order valence-corrected chi connectivity index (χ1v) is 7.86. The third-order valence-electron chi connectivity index (χ3n) is 4.29. The van der Waals surface area contributed by atoms with E-state index >= 15 is 0 Å². The van der Waals surface area contributed by atoms with E-state index in [0.29, 0.717) is 18.6 Å².